The largest absolute Gasteiger partial charge is 0.496 e. The van der Waals surface area contributed by atoms with Crippen LogP contribution >= 0.6 is 11.8 Å². The van der Waals surface area contributed by atoms with E-state index in [-0.39, 0.29) is 11.3 Å². The van der Waals surface area contributed by atoms with Crippen molar-refractivity contribution in [2.24, 2.45) is 5.92 Å². The number of thioether (sulfide) groups is 1. The Labute approximate surface area is 194 Å². The van der Waals surface area contributed by atoms with Gasteiger partial charge < -0.3 is 9.64 Å². The van der Waals surface area contributed by atoms with Crippen molar-refractivity contribution in [3.05, 3.63) is 102 Å². The Morgan fingerprint density at radius 2 is 1.56 bits per heavy atom. The van der Waals surface area contributed by atoms with E-state index in [1.807, 2.05) is 36.0 Å². The van der Waals surface area contributed by atoms with E-state index in [0.29, 0.717) is 17.6 Å². The molecule has 3 nitrogen and oxygen atoms in total. The van der Waals surface area contributed by atoms with Gasteiger partial charge in [-0.2, -0.15) is 11.8 Å². The van der Waals surface area contributed by atoms with Gasteiger partial charge in [-0.15, -0.1) is 0 Å². The molecule has 2 atom stereocenters. The highest BCUT2D eigenvalue weighted by atomic mass is 32.2. The number of para-hydroxylation sites is 1. The average molecular weight is 444 g/mol. The van der Waals surface area contributed by atoms with E-state index >= 15 is 0 Å². The Bertz CT molecular complexity index is 1030. The maximum atomic E-state index is 13.4. The van der Waals surface area contributed by atoms with Crippen LogP contribution in [0.2, 0.25) is 0 Å². The first kappa shape index (κ1) is 21.1. The molecule has 0 aliphatic carbocycles. The first-order valence-electron chi connectivity index (χ1n) is 11.3. The minimum absolute atomic E-state index is 0.0576. The molecule has 2 aliphatic rings. The summed E-state index contributed by atoms with van der Waals surface area (Å²) >= 11 is 2.04. The van der Waals surface area contributed by atoms with Crippen molar-refractivity contribution in [2.75, 3.05) is 26.0 Å². The number of rotatable bonds is 5. The number of methoxy groups -OCH3 is 1. The molecule has 0 radical (unpaired) electrons. The first-order chi connectivity index (χ1) is 15.7. The van der Waals surface area contributed by atoms with Gasteiger partial charge >= 0.3 is 0 Å². The lowest BCUT2D eigenvalue weighted by Crippen LogP contribution is -2.45. The van der Waals surface area contributed by atoms with Crippen molar-refractivity contribution in [1.82, 2.24) is 4.90 Å². The second kappa shape index (κ2) is 9.03. The van der Waals surface area contributed by atoms with Crippen LogP contribution in [0.15, 0.2) is 84.9 Å². The summed E-state index contributed by atoms with van der Waals surface area (Å²) in [7, 11) is 1.67. The fraction of sp³-hybridized carbons (Fsp3) is 0.321. The molecule has 2 aliphatic heterocycles. The molecule has 0 saturated carbocycles. The van der Waals surface area contributed by atoms with Crippen LogP contribution in [0.3, 0.4) is 0 Å². The maximum absolute atomic E-state index is 13.4. The van der Waals surface area contributed by atoms with Crippen molar-refractivity contribution in [3.63, 3.8) is 0 Å². The molecule has 0 bridgehead atoms. The predicted molar refractivity (Wildman–Crippen MR) is 131 cm³/mol. The molecule has 0 aromatic heterocycles. The molecule has 2 heterocycles. The summed E-state index contributed by atoms with van der Waals surface area (Å²) in [6.45, 7) is 1.63. The lowest BCUT2D eigenvalue weighted by Gasteiger charge is -2.46. The standard InChI is InChI=1S/C28H29NO2S/c1-31-25-15-9-8-10-21(25)18-27(30)29-19-24-26(20-29)32-17-16-28(24,22-11-4-2-5-12-22)23-13-6-3-7-14-23/h2-15,24,26H,16-20H2,1H3/t24-,26+/m0/s1. The molecule has 32 heavy (non-hydrogen) atoms. The Kier molecular flexibility index (Phi) is 5.97. The molecule has 4 heteroatoms. The number of carbonyl (C=O) groups is 1. The summed E-state index contributed by atoms with van der Waals surface area (Å²) in [5, 5.41) is 0.450. The van der Waals surface area contributed by atoms with Crippen LogP contribution in [-0.2, 0) is 16.6 Å². The van der Waals surface area contributed by atoms with Crippen LogP contribution in [0.25, 0.3) is 0 Å². The Hall–Kier alpha value is -2.72. The van der Waals surface area contributed by atoms with Crippen LogP contribution in [0, 0.1) is 5.92 Å². The van der Waals surface area contributed by atoms with Gasteiger partial charge in [-0.1, -0.05) is 78.9 Å². The van der Waals surface area contributed by atoms with Crippen molar-refractivity contribution in [2.45, 2.75) is 23.5 Å². The van der Waals surface area contributed by atoms with Crippen LogP contribution in [0.5, 0.6) is 5.75 Å². The lowest BCUT2D eigenvalue weighted by atomic mass is 9.63. The number of fused-ring (bicyclic) bond motifs is 1. The number of amides is 1. The van der Waals surface area contributed by atoms with Gasteiger partial charge in [0, 0.05) is 35.2 Å². The molecule has 1 amide bonds. The van der Waals surface area contributed by atoms with E-state index in [1.54, 1.807) is 7.11 Å². The van der Waals surface area contributed by atoms with Gasteiger partial charge in [-0.25, -0.2) is 0 Å². The minimum atomic E-state index is -0.0576. The van der Waals surface area contributed by atoms with E-state index < -0.39 is 0 Å². The van der Waals surface area contributed by atoms with Crippen molar-refractivity contribution < 1.29 is 9.53 Å². The molecule has 164 valence electrons. The third-order valence-corrected chi connectivity index (χ3v) is 8.54. The number of nitrogens with zero attached hydrogens (tertiary/aromatic N) is 1. The highest BCUT2D eigenvalue weighted by Gasteiger charge is 2.52. The zero-order chi connectivity index (χ0) is 22.0. The number of likely N-dealkylation sites (tertiary alicyclic amines) is 1. The van der Waals surface area contributed by atoms with Gasteiger partial charge in [0.05, 0.1) is 13.5 Å². The summed E-state index contributed by atoms with van der Waals surface area (Å²) < 4.78 is 5.48. The quantitative estimate of drug-likeness (QED) is 0.544. The summed E-state index contributed by atoms with van der Waals surface area (Å²) in [5.41, 5.74) is 3.65. The normalized spacial score (nSPS) is 21.7. The monoisotopic (exact) mass is 443 g/mol. The highest BCUT2D eigenvalue weighted by molar-refractivity contribution is 8.00. The second-order valence-corrected chi connectivity index (χ2v) is 10.1. The van der Waals surface area contributed by atoms with Crippen molar-refractivity contribution in [3.8, 4) is 5.75 Å². The number of hydrogen-bond donors (Lipinski definition) is 0. The Morgan fingerprint density at radius 1 is 0.938 bits per heavy atom. The number of carbonyl (C=O) groups excluding carboxylic acids is 1. The zero-order valence-electron chi connectivity index (χ0n) is 18.4. The van der Waals surface area contributed by atoms with E-state index in [2.05, 4.69) is 65.6 Å². The molecule has 2 saturated heterocycles. The summed E-state index contributed by atoms with van der Waals surface area (Å²) in [5.74, 6) is 2.49. The molecule has 2 fully saturated rings. The molecule has 0 spiro atoms. The summed E-state index contributed by atoms with van der Waals surface area (Å²) in [4.78, 5) is 15.5. The third-order valence-electron chi connectivity index (χ3n) is 7.19. The molecular weight excluding hydrogens is 414 g/mol. The van der Waals surface area contributed by atoms with E-state index in [4.69, 9.17) is 4.74 Å². The van der Waals surface area contributed by atoms with Gasteiger partial charge in [0.25, 0.3) is 0 Å². The van der Waals surface area contributed by atoms with Gasteiger partial charge in [0.2, 0.25) is 5.91 Å². The van der Waals surface area contributed by atoms with Gasteiger partial charge in [-0.3, -0.25) is 4.79 Å². The van der Waals surface area contributed by atoms with Crippen LogP contribution in [0.1, 0.15) is 23.1 Å². The highest BCUT2D eigenvalue weighted by Crippen LogP contribution is 2.53. The molecule has 3 aromatic carbocycles. The molecular formula is C28H29NO2S. The molecule has 0 unspecified atom stereocenters. The summed E-state index contributed by atoms with van der Waals surface area (Å²) in [6.07, 6.45) is 1.49. The van der Waals surface area contributed by atoms with Gasteiger partial charge in [0.1, 0.15) is 5.75 Å². The molecule has 0 N–H and O–H groups in total. The van der Waals surface area contributed by atoms with Gasteiger partial charge in [0.15, 0.2) is 0 Å². The SMILES string of the molecule is COc1ccccc1CC(=O)N1C[C@H]2SCCC(c3ccccc3)(c3ccccc3)[C@H]2C1. The third kappa shape index (κ3) is 3.71. The fourth-order valence-electron chi connectivity index (χ4n) is 5.65. The number of benzene rings is 3. The second-order valence-electron chi connectivity index (χ2n) is 8.76. The first-order valence-corrected chi connectivity index (χ1v) is 12.4. The van der Waals surface area contributed by atoms with E-state index in [1.165, 1.54) is 11.1 Å². The lowest BCUT2D eigenvalue weighted by molar-refractivity contribution is -0.129. The molecule has 5 rings (SSSR count). The number of hydrogen-bond acceptors (Lipinski definition) is 3. The number of ether oxygens (including phenoxy) is 1. The minimum Gasteiger partial charge on any atom is -0.496 e. The maximum Gasteiger partial charge on any atom is 0.227 e. The van der Waals surface area contributed by atoms with Crippen LogP contribution in [0.4, 0.5) is 0 Å². The smallest absolute Gasteiger partial charge is 0.227 e. The molecule has 3 aromatic rings. The average Bonchev–Trinajstić information content (AvgIpc) is 3.31. The Morgan fingerprint density at radius 3 is 2.22 bits per heavy atom. The van der Waals surface area contributed by atoms with Crippen LogP contribution < -0.4 is 4.74 Å². The topological polar surface area (TPSA) is 29.5 Å². The summed E-state index contributed by atoms with van der Waals surface area (Å²) in [6, 6.07) is 29.7. The van der Waals surface area contributed by atoms with E-state index in [0.717, 1.165) is 36.6 Å². The predicted octanol–water partition coefficient (Wildman–Crippen LogP) is 5.19. The van der Waals surface area contributed by atoms with Crippen LogP contribution in [-0.4, -0.2) is 42.0 Å². The van der Waals surface area contributed by atoms with Crippen molar-refractivity contribution in [1.29, 1.82) is 0 Å². The van der Waals surface area contributed by atoms with Gasteiger partial charge in [-0.05, 0) is 29.4 Å². The fourth-order valence-corrected chi connectivity index (χ4v) is 7.23. The zero-order valence-corrected chi connectivity index (χ0v) is 19.3. The van der Waals surface area contributed by atoms with E-state index in [9.17, 15) is 4.79 Å². The Balaban J connectivity index is 1.47. The van der Waals surface area contributed by atoms with Crippen molar-refractivity contribution >= 4 is 17.7 Å².